The second-order valence-corrected chi connectivity index (χ2v) is 5.12. The number of likely N-dealkylation sites (tertiary alicyclic amines) is 1. The summed E-state index contributed by atoms with van der Waals surface area (Å²) in [5.74, 6) is -0.714. The molecule has 0 saturated carbocycles. The van der Waals surface area contributed by atoms with Crippen LogP contribution in [-0.4, -0.2) is 42.0 Å². The predicted molar refractivity (Wildman–Crippen MR) is 75.4 cm³/mol. The number of hydrogen-bond donors (Lipinski definition) is 2. The molecule has 0 aromatic heterocycles. The van der Waals surface area contributed by atoms with Gasteiger partial charge in [0, 0.05) is 24.8 Å². The van der Waals surface area contributed by atoms with E-state index in [0.29, 0.717) is 11.4 Å². The molecule has 22 heavy (non-hydrogen) atoms. The van der Waals surface area contributed by atoms with Crippen molar-refractivity contribution in [2.75, 3.05) is 23.7 Å². The van der Waals surface area contributed by atoms with Crippen LogP contribution in [0.4, 0.5) is 24.5 Å². The molecule has 0 aliphatic carbocycles. The maximum atomic E-state index is 12.6. The summed E-state index contributed by atoms with van der Waals surface area (Å²) in [6.45, 7) is 1.34. The fourth-order valence-electron chi connectivity index (χ4n) is 2.23. The van der Waals surface area contributed by atoms with Crippen LogP contribution in [0.5, 0.6) is 0 Å². The topological polar surface area (TPSA) is 61.4 Å². The standard InChI is InChI=1S/C14H16F3N3O2/c1-9(21)18-10-2-4-11(5-3-10)19-13(22)8-20-7-6-12(20)14(15,16)17/h2-5,12H,6-8H2,1H3,(H,18,21)(H,19,22)/t12-/m0/s1. The maximum absolute atomic E-state index is 12.6. The molecular formula is C14H16F3N3O2. The van der Waals surface area contributed by atoms with Crippen LogP contribution in [0.15, 0.2) is 24.3 Å². The summed E-state index contributed by atoms with van der Waals surface area (Å²) >= 11 is 0. The van der Waals surface area contributed by atoms with Gasteiger partial charge in [-0.05, 0) is 30.7 Å². The lowest BCUT2D eigenvalue weighted by Crippen LogP contribution is -2.57. The van der Waals surface area contributed by atoms with Gasteiger partial charge in [-0.25, -0.2) is 0 Å². The van der Waals surface area contributed by atoms with Gasteiger partial charge in [0.15, 0.2) is 0 Å². The highest BCUT2D eigenvalue weighted by Gasteiger charge is 2.48. The van der Waals surface area contributed by atoms with Crippen molar-refractivity contribution in [2.45, 2.75) is 25.6 Å². The van der Waals surface area contributed by atoms with Crippen molar-refractivity contribution in [3.8, 4) is 0 Å². The predicted octanol–water partition coefficient (Wildman–Crippen LogP) is 2.22. The van der Waals surface area contributed by atoms with Gasteiger partial charge in [0.1, 0.15) is 6.04 Å². The number of amides is 2. The van der Waals surface area contributed by atoms with Gasteiger partial charge in [0.05, 0.1) is 6.54 Å². The molecule has 1 aliphatic rings. The van der Waals surface area contributed by atoms with Crippen molar-refractivity contribution in [1.29, 1.82) is 0 Å². The van der Waals surface area contributed by atoms with Crippen LogP contribution in [0, 0.1) is 0 Å². The summed E-state index contributed by atoms with van der Waals surface area (Å²) < 4.78 is 37.7. The Bertz CT molecular complexity index is 557. The molecule has 1 aliphatic heterocycles. The van der Waals surface area contributed by atoms with E-state index in [1.165, 1.54) is 6.92 Å². The lowest BCUT2D eigenvalue weighted by atomic mass is 10.0. The lowest BCUT2D eigenvalue weighted by Gasteiger charge is -2.41. The highest BCUT2D eigenvalue weighted by Crippen LogP contribution is 2.33. The lowest BCUT2D eigenvalue weighted by molar-refractivity contribution is -0.209. The summed E-state index contributed by atoms with van der Waals surface area (Å²) in [7, 11) is 0. The first-order chi connectivity index (χ1) is 10.3. The first-order valence-electron chi connectivity index (χ1n) is 6.74. The number of alkyl halides is 3. The SMILES string of the molecule is CC(=O)Nc1ccc(NC(=O)CN2CC[C@H]2C(F)(F)F)cc1. The summed E-state index contributed by atoms with van der Waals surface area (Å²) in [5.41, 5.74) is 1.04. The minimum absolute atomic E-state index is 0.0300. The summed E-state index contributed by atoms with van der Waals surface area (Å²) in [6.07, 6.45) is -4.26. The fourth-order valence-corrected chi connectivity index (χ4v) is 2.23. The van der Waals surface area contributed by atoms with Gasteiger partial charge in [-0.15, -0.1) is 0 Å². The molecule has 1 saturated heterocycles. The fraction of sp³-hybridized carbons (Fsp3) is 0.429. The number of nitrogens with zero attached hydrogens (tertiary/aromatic N) is 1. The number of carbonyl (C=O) groups is 2. The molecule has 1 aromatic carbocycles. The van der Waals surface area contributed by atoms with Gasteiger partial charge in [-0.3, -0.25) is 14.5 Å². The monoisotopic (exact) mass is 315 g/mol. The molecular weight excluding hydrogens is 299 g/mol. The zero-order valence-electron chi connectivity index (χ0n) is 11.9. The van der Waals surface area contributed by atoms with Crippen LogP contribution in [0.1, 0.15) is 13.3 Å². The average Bonchev–Trinajstić information content (AvgIpc) is 2.34. The van der Waals surface area contributed by atoms with E-state index in [1.54, 1.807) is 24.3 Å². The highest BCUT2D eigenvalue weighted by molar-refractivity contribution is 5.93. The molecule has 2 N–H and O–H groups in total. The maximum Gasteiger partial charge on any atom is 0.404 e. The quantitative estimate of drug-likeness (QED) is 0.895. The molecule has 0 spiro atoms. The van der Waals surface area contributed by atoms with Crippen LogP contribution in [0.2, 0.25) is 0 Å². The summed E-state index contributed by atoms with van der Waals surface area (Å²) in [5, 5.41) is 5.11. The molecule has 1 heterocycles. The van der Waals surface area contributed by atoms with Crippen molar-refractivity contribution in [1.82, 2.24) is 4.90 Å². The normalized spacial score (nSPS) is 18.5. The van der Waals surface area contributed by atoms with E-state index in [1.807, 2.05) is 0 Å². The van der Waals surface area contributed by atoms with Crippen molar-refractivity contribution in [3.05, 3.63) is 24.3 Å². The molecule has 2 rings (SSSR count). The van der Waals surface area contributed by atoms with Crippen LogP contribution in [0.25, 0.3) is 0 Å². The van der Waals surface area contributed by atoms with Crippen LogP contribution >= 0.6 is 0 Å². The van der Waals surface area contributed by atoms with Gasteiger partial charge in [0.2, 0.25) is 11.8 Å². The Morgan fingerprint density at radius 1 is 1.18 bits per heavy atom. The number of anilines is 2. The number of halogens is 3. The number of benzene rings is 1. The van der Waals surface area contributed by atoms with Crippen molar-refractivity contribution < 1.29 is 22.8 Å². The number of hydrogen-bond acceptors (Lipinski definition) is 3. The zero-order chi connectivity index (χ0) is 16.3. The van der Waals surface area contributed by atoms with E-state index in [-0.39, 0.29) is 25.4 Å². The Labute approximate surface area is 125 Å². The minimum atomic E-state index is -4.29. The third-order valence-corrected chi connectivity index (χ3v) is 3.34. The van der Waals surface area contributed by atoms with Crippen molar-refractivity contribution >= 4 is 23.2 Å². The van der Waals surface area contributed by atoms with E-state index in [4.69, 9.17) is 0 Å². The van der Waals surface area contributed by atoms with Gasteiger partial charge >= 0.3 is 6.18 Å². The summed E-state index contributed by atoms with van der Waals surface area (Å²) in [6, 6.07) is 4.81. The van der Waals surface area contributed by atoms with E-state index >= 15 is 0 Å². The minimum Gasteiger partial charge on any atom is -0.326 e. The third kappa shape index (κ3) is 4.20. The highest BCUT2D eigenvalue weighted by atomic mass is 19.4. The number of carbonyl (C=O) groups excluding carboxylic acids is 2. The number of rotatable bonds is 4. The molecule has 8 heteroatoms. The molecule has 0 unspecified atom stereocenters. The molecule has 1 fully saturated rings. The molecule has 1 atom stereocenters. The summed E-state index contributed by atoms with van der Waals surface area (Å²) in [4.78, 5) is 23.7. The second kappa shape index (κ2) is 6.35. The van der Waals surface area contributed by atoms with Crippen LogP contribution in [-0.2, 0) is 9.59 Å². The first kappa shape index (κ1) is 16.3. The average molecular weight is 315 g/mol. The Kier molecular flexibility index (Phi) is 4.70. The molecule has 2 amide bonds. The second-order valence-electron chi connectivity index (χ2n) is 5.12. The van der Waals surface area contributed by atoms with Gasteiger partial charge in [-0.2, -0.15) is 13.2 Å². The third-order valence-electron chi connectivity index (χ3n) is 3.34. The molecule has 120 valence electrons. The van der Waals surface area contributed by atoms with E-state index in [9.17, 15) is 22.8 Å². The Balaban J connectivity index is 1.86. The van der Waals surface area contributed by atoms with E-state index in [2.05, 4.69) is 10.6 Å². The smallest absolute Gasteiger partial charge is 0.326 e. The molecule has 1 aromatic rings. The van der Waals surface area contributed by atoms with Gasteiger partial charge < -0.3 is 10.6 Å². The van der Waals surface area contributed by atoms with Crippen molar-refractivity contribution in [2.24, 2.45) is 0 Å². The number of nitrogens with one attached hydrogen (secondary N) is 2. The Morgan fingerprint density at radius 2 is 1.73 bits per heavy atom. The van der Waals surface area contributed by atoms with Gasteiger partial charge in [-0.1, -0.05) is 0 Å². The Hall–Kier alpha value is -2.09. The molecule has 5 nitrogen and oxygen atoms in total. The van der Waals surface area contributed by atoms with Crippen molar-refractivity contribution in [3.63, 3.8) is 0 Å². The zero-order valence-corrected chi connectivity index (χ0v) is 11.9. The first-order valence-corrected chi connectivity index (χ1v) is 6.74. The Morgan fingerprint density at radius 3 is 2.14 bits per heavy atom. The molecule has 0 bridgehead atoms. The van der Waals surface area contributed by atoms with E-state index < -0.39 is 18.1 Å². The van der Waals surface area contributed by atoms with Crippen LogP contribution in [0.3, 0.4) is 0 Å². The largest absolute Gasteiger partial charge is 0.404 e. The van der Waals surface area contributed by atoms with E-state index in [0.717, 1.165) is 4.90 Å². The molecule has 0 radical (unpaired) electrons. The van der Waals surface area contributed by atoms with Crippen LogP contribution < -0.4 is 10.6 Å². The van der Waals surface area contributed by atoms with Gasteiger partial charge in [0.25, 0.3) is 0 Å².